The first-order chi connectivity index (χ1) is 14.3. The largest absolute Gasteiger partial charge is 0.496 e. The second-order valence-corrected chi connectivity index (χ2v) is 8.82. The standard InChI is InChI=1S/C21H23NO7S/c1-26-17-10-19(28-3)18(27-2)9-13(17)11-22-21(23)20-15(12-30(4,24)25)14-7-5-6-8-16(14)29-20/h5-10H,11-12H2,1-4H3,(H,22,23). The normalized spacial score (nSPS) is 11.3. The number of amides is 1. The van der Waals surface area contributed by atoms with Crippen molar-refractivity contribution in [3.05, 3.63) is 53.3 Å². The zero-order valence-corrected chi connectivity index (χ0v) is 18.0. The van der Waals surface area contributed by atoms with E-state index >= 15 is 0 Å². The third-order valence-corrected chi connectivity index (χ3v) is 5.35. The minimum Gasteiger partial charge on any atom is -0.496 e. The highest BCUT2D eigenvalue weighted by Gasteiger charge is 2.23. The molecule has 0 aliphatic heterocycles. The summed E-state index contributed by atoms with van der Waals surface area (Å²) in [6.45, 7) is 0.109. The van der Waals surface area contributed by atoms with Crippen LogP contribution in [-0.2, 0) is 22.1 Å². The Morgan fingerprint density at radius 2 is 1.63 bits per heavy atom. The highest BCUT2D eigenvalue weighted by molar-refractivity contribution is 7.89. The fourth-order valence-electron chi connectivity index (χ4n) is 3.17. The van der Waals surface area contributed by atoms with Gasteiger partial charge in [0, 0.05) is 35.4 Å². The second-order valence-electron chi connectivity index (χ2n) is 6.68. The van der Waals surface area contributed by atoms with Crippen LogP contribution in [0.2, 0.25) is 0 Å². The number of para-hydroxylation sites is 1. The van der Waals surface area contributed by atoms with Crippen LogP contribution >= 0.6 is 0 Å². The molecule has 2 aromatic carbocycles. The van der Waals surface area contributed by atoms with E-state index in [1.165, 1.54) is 21.3 Å². The number of carbonyl (C=O) groups is 1. The van der Waals surface area contributed by atoms with E-state index in [1.807, 2.05) is 0 Å². The minimum atomic E-state index is -3.38. The van der Waals surface area contributed by atoms with Gasteiger partial charge in [0.25, 0.3) is 5.91 Å². The lowest BCUT2D eigenvalue weighted by molar-refractivity contribution is 0.0924. The van der Waals surface area contributed by atoms with E-state index in [0.717, 1.165) is 6.26 Å². The molecule has 0 spiro atoms. The first-order valence-corrected chi connectivity index (χ1v) is 11.1. The van der Waals surface area contributed by atoms with Crippen molar-refractivity contribution < 1.29 is 31.8 Å². The number of ether oxygens (including phenoxy) is 3. The summed E-state index contributed by atoms with van der Waals surface area (Å²) in [5, 5.41) is 3.36. The van der Waals surface area contributed by atoms with E-state index in [0.29, 0.717) is 39.3 Å². The van der Waals surface area contributed by atoms with Crippen LogP contribution in [-0.4, -0.2) is 41.9 Å². The van der Waals surface area contributed by atoms with Gasteiger partial charge in [-0.25, -0.2) is 8.42 Å². The summed E-state index contributed by atoms with van der Waals surface area (Å²) >= 11 is 0. The molecule has 160 valence electrons. The highest BCUT2D eigenvalue weighted by atomic mass is 32.2. The summed E-state index contributed by atoms with van der Waals surface area (Å²) in [6.07, 6.45) is 1.12. The van der Waals surface area contributed by atoms with Crippen LogP contribution in [0, 0.1) is 0 Å². The maximum Gasteiger partial charge on any atom is 0.287 e. The van der Waals surface area contributed by atoms with Gasteiger partial charge in [0.15, 0.2) is 27.1 Å². The van der Waals surface area contributed by atoms with Gasteiger partial charge < -0.3 is 23.9 Å². The fourth-order valence-corrected chi connectivity index (χ4v) is 3.99. The summed E-state index contributed by atoms with van der Waals surface area (Å²) in [5.74, 6) is 0.643. The molecule has 8 nitrogen and oxygen atoms in total. The van der Waals surface area contributed by atoms with Crippen LogP contribution in [0.1, 0.15) is 21.7 Å². The molecule has 1 aromatic heterocycles. The van der Waals surface area contributed by atoms with Crippen molar-refractivity contribution in [3.63, 3.8) is 0 Å². The second kappa shape index (κ2) is 8.66. The number of benzene rings is 2. The van der Waals surface area contributed by atoms with Gasteiger partial charge >= 0.3 is 0 Å². The van der Waals surface area contributed by atoms with Crippen LogP contribution in [0.15, 0.2) is 40.8 Å². The Labute approximate surface area is 174 Å². The third kappa shape index (κ3) is 4.51. The molecule has 0 aliphatic carbocycles. The SMILES string of the molecule is COc1cc(OC)c(OC)cc1CNC(=O)c1oc2ccccc2c1CS(C)(=O)=O. The molecular formula is C21H23NO7S. The number of nitrogens with one attached hydrogen (secondary N) is 1. The van der Waals surface area contributed by atoms with E-state index in [9.17, 15) is 13.2 Å². The number of sulfone groups is 1. The molecule has 0 fully saturated rings. The topological polar surface area (TPSA) is 104 Å². The van der Waals surface area contributed by atoms with Crippen molar-refractivity contribution in [2.45, 2.75) is 12.3 Å². The highest BCUT2D eigenvalue weighted by Crippen LogP contribution is 2.34. The van der Waals surface area contributed by atoms with Crippen LogP contribution < -0.4 is 19.5 Å². The van der Waals surface area contributed by atoms with Crippen molar-refractivity contribution in [3.8, 4) is 17.2 Å². The lowest BCUT2D eigenvalue weighted by Crippen LogP contribution is -2.24. The van der Waals surface area contributed by atoms with Gasteiger partial charge in [-0.2, -0.15) is 0 Å². The van der Waals surface area contributed by atoms with E-state index in [2.05, 4.69) is 5.32 Å². The number of carbonyl (C=O) groups excluding carboxylic acids is 1. The summed E-state index contributed by atoms with van der Waals surface area (Å²) in [5.41, 5.74) is 1.44. The molecule has 1 N–H and O–H groups in total. The van der Waals surface area contributed by atoms with Gasteiger partial charge in [0.2, 0.25) is 0 Å². The van der Waals surface area contributed by atoms with Crippen molar-refractivity contribution in [2.75, 3.05) is 27.6 Å². The number of fused-ring (bicyclic) bond motifs is 1. The fraction of sp³-hybridized carbons (Fsp3) is 0.286. The molecule has 0 aliphatic rings. The number of methoxy groups -OCH3 is 3. The quantitative estimate of drug-likeness (QED) is 0.582. The van der Waals surface area contributed by atoms with Crippen LogP contribution in [0.4, 0.5) is 0 Å². The van der Waals surface area contributed by atoms with Crippen LogP contribution in [0.5, 0.6) is 17.2 Å². The monoisotopic (exact) mass is 433 g/mol. The summed E-state index contributed by atoms with van der Waals surface area (Å²) in [7, 11) is 1.16. The Hall–Kier alpha value is -3.20. The molecule has 0 radical (unpaired) electrons. The molecule has 0 atom stereocenters. The van der Waals surface area contributed by atoms with E-state index in [-0.39, 0.29) is 18.1 Å². The van der Waals surface area contributed by atoms with Gasteiger partial charge in [0.1, 0.15) is 11.3 Å². The van der Waals surface area contributed by atoms with Crippen molar-refractivity contribution in [1.82, 2.24) is 5.32 Å². The molecule has 0 saturated heterocycles. The maximum atomic E-state index is 12.9. The average molecular weight is 433 g/mol. The Kier molecular flexibility index (Phi) is 6.21. The number of rotatable bonds is 8. The molecule has 9 heteroatoms. The molecule has 0 bridgehead atoms. The van der Waals surface area contributed by atoms with Gasteiger partial charge in [-0.1, -0.05) is 18.2 Å². The molecule has 1 amide bonds. The molecule has 30 heavy (non-hydrogen) atoms. The van der Waals surface area contributed by atoms with Crippen LogP contribution in [0.3, 0.4) is 0 Å². The maximum absolute atomic E-state index is 12.9. The number of hydrogen-bond acceptors (Lipinski definition) is 7. The van der Waals surface area contributed by atoms with Crippen molar-refractivity contribution >= 4 is 26.7 Å². The molecule has 0 saturated carbocycles. The lowest BCUT2D eigenvalue weighted by atomic mass is 10.1. The van der Waals surface area contributed by atoms with E-state index in [1.54, 1.807) is 36.4 Å². The first kappa shape index (κ1) is 21.5. The van der Waals surface area contributed by atoms with Gasteiger partial charge in [-0.05, 0) is 12.1 Å². The molecule has 0 unspecified atom stereocenters. The molecular weight excluding hydrogens is 410 g/mol. The third-order valence-electron chi connectivity index (χ3n) is 4.54. The zero-order chi connectivity index (χ0) is 21.9. The zero-order valence-electron chi connectivity index (χ0n) is 17.1. The molecule has 3 aromatic rings. The average Bonchev–Trinajstić information content (AvgIpc) is 3.08. The van der Waals surface area contributed by atoms with Gasteiger partial charge in [-0.15, -0.1) is 0 Å². The van der Waals surface area contributed by atoms with Gasteiger partial charge in [-0.3, -0.25) is 4.79 Å². The van der Waals surface area contributed by atoms with Crippen molar-refractivity contribution in [1.29, 1.82) is 0 Å². The predicted molar refractivity (Wildman–Crippen MR) is 112 cm³/mol. The summed E-state index contributed by atoms with van der Waals surface area (Å²) < 4.78 is 45.4. The summed E-state index contributed by atoms with van der Waals surface area (Å²) in [4.78, 5) is 12.9. The van der Waals surface area contributed by atoms with E-state index in [4.69, 9.17) is 18.6 Å². The molecule has 1 heterocycles. The van der Waals surface area contributed by atoms with Crippen LogP contribution in [0.25, 0.3) is 11.0 Å². The van der Waals surface area contributed by atoms with E-state index < -0.39 is 15.7 Å². The number of furan rings is 1. The smallest absolute Gasteiger partial charge is 0.287 e. The summed E-state index contributed by atoms with van der Waals surface area (Å²) in [6, 6.07) is 10.3. The Balaban J connectivity index is 1.92. The Bertz CT molecular complexity index is 1180. The predicted octanol–water partition coefficient (Wildman–Crippen LogP) is 2.93. The van der Waals surface area contributed by atoms with Gasteiger partial charge in [0.05, 0.1) is 27.1 Å². The first-order valence-electron chi connectivity index (χ1n) is 9.02. The lowest BCUT2D eigenvalue weighted by Gasteiger charge is -2.14. The molecule has 3 rings (SSSR count). The number of hydrogen-bond donors (Lipinski definition) is 1. The minimum absolute atomic E-state index is 0.0268. The Morgan fingerprint density at radius 1 is 1.00 bits per heavy atom. The van der Waals surface area contributed by atoms with Crippen molar-refractivity contribution in [2.24, 2.45) is 0 Å². The Morgan fingerprint density at radius 3 is 2.27 bits per heavy atom.